The van der Waals surface area contributed by atoms with Gasteiger partial charge in [0.1, 0.15) is 0 Å². The Morgan fingerprint density at radius 3 is 1.86 bits per heavy atom. The standard InChI is InChI=1S/C21H44/c1-8-12-13-14-16-19(15-9-2)21(7,11-4)18-20(5,6)17-10-3/h19H,8-18H2,1-7H3. The Morgan fingerprint density at radius 1 is 0.714 bits per heavy atom. The van der Waals surface area contributed by atoms with Crippen LogP contribution in [0.25, 0.3) is 0 Å². The van der Waals surface area contributed by atoms with E-state index < -0.39 is 0 Å². The Kier molecular flexibility index (Phi) is 10.7. The van der Waals surface area contributed by atoms with Crippen LogP contribution in [0.5, 0.6) is 0 Å². The molecule has 0 aliphatic heterocycles. The number of rotatable bonds is 13. The van der Waals surface area contributed by atoms with Crippen LogP contribution in [0.4, 0.5) is 0 Å². The van der Waals surface area contributed by atoms with Gasteiger partial charge in [0.05, 0.1) is 0 Å². The molecule has 128 valence electrons. The van der Waals surface area contributed by atoms with Gasteiger partial charge in [-0.25, -0.2) is 0 Å². The van der Waals surface area contributed by atoms with Crippen molar-refractivity contribution in [2.75, 3.05) is 0 Å². The zero-order chi connectivity index (χ0) is 16.4. The van der Waals surface area contributed by atoms with Crippen LogP contribution in [0.15, 0.2) is 0 Å². The minimum Gasteiger partial charge on any atom is -0.0654 e. The summed E-state index contributed by atoms with van der Waals surface area (Å²) in [5.74, 6) is 0.931. The lowest BCUT2D eigenvalue weighted by atomic mass is 9.62. The topological polar surface area (TPSA) is 0 Å². The van der Waals surface area contributed by atoms with Gasteiger partial charge in [-0.1, -0.05) is 99.8 Å². The van der Waals surface area contributed by atoms with Crippen LogP contribution in [0.1, 0.15) is 119 Å². The molecule has 0 spiro atoms. The predicted octanol–water partition coefficient (Wildman–Crippen LogP) is 8.01. The number of hydrogen-bond donors (Lipinski definition) is 0. The van der Waals surface area contributed by atoms with E-state index in [2.05, 4.69) is 48.5 Å². The highest BCUT2D eigenvalue weighted by molar-refractivity contribution is 4.87. The quantitative estimate of drug-likeness (QED) is 0.302. The van der Waals surface area contributed by atoms with Crippen molar-refractivity contribution in [2.45, 2.75) is 119 Å². The third-order valence-electron chi connectivity index (χ3n) is 5.65. The summed E-state index contributed by atoms with van der Waals surface area (Å²) in [6.07, 6.45) is 15.3. The first-order valence-corrected chi connectivity index (χ1v) is 9.85. The molecule has 0 N–H and O–H groups in total. The lowest BCUT2D eigenvalue weighted by Crippen LogP contribution is -2.32. The van der Waals surface area contributed by atoms with E-state index >= 15 is 0 Å². The maximum absolute atomic E-state index is 2.59. The normalized spacial score (nSPS) is 16.7. The van der Waals surface area contributed by atoms with E-state index in [1.807, 2.05) is 0 Å². The van der Waals surface area contributed by atoms with Crippen LogP contribution in [0.3, 0.4) is 0 Å². The van der Waals surface area contributed by atoms with Gasteiger partial charge in [0.25, 0.3) is 0 Å². The second-order valence-electron chi connectivity index (χ2n) is 8.43. The van der Waals surface area contributed by atoms with Crippen LogP contribution in [0.2, 0.25) is 0 Å². The van der Waals surface area contributed by atoms with Gasteiger partial charge in [-0.05, 0) is 36.0 Å². The van der Waals surface area contributed by atoms with Crippen molar-refractivity contribution in [2.24, 2.45) is 16.7 Å². The van der Waals surface area contributed by atoms with E-state index in [1.54, 1.807) is 0 Å². The average Bonchev–Trinajstić information content (AvgIpc) is 2.41. The van der Waals surface area contributed by atoms with Crippen molar-refractivity contribution in [1.82, 2.24) is 0 Å². The van der Waals surface area contributed by atoms with Crippen molar-refractivity contribution < 1.29 is 0 Å². The smallest absolute Gasteiger partial charge is 0.0295 e. The fourth-order valence-corrected chi connectivity index (χ4v) is 4.42. The molecular weight excluding hydrogens is 252 g/mol. The Labute approximate surface area is 136 Å². The van der Waals surface area contributed by atoms with Crippen molar-refractivity contribution >= 4 is 0 Å². The largest absolute Gasteiger partial charge is 0.0654 e. The van der Waals surface area contributed by atoms with Crippen molar-refractivity contribution in [3.05, 3.63) is 0 Å². The van der Waals surface area contributed by atoms with E-state index in [0.29, 0.717) is 10.8 Å². The van der Waals surface area contributed by atoms with Gasteiger partial charge in [0, 0.05) is 0 Å². The van der Waals surface area contributed by atoms with Crippen molar-refractivity contribution in [3.8, 4) is 0 Å². The molecule has 0 aromatic rings. The second kappa shape index (κ2) is 10.7. The van der Waals surface area contributed by atoms with Gasteiger partial charge in [-0.15, -0.1) is 0 Å². The maximum atomic E-state index is 2.59. The van der Waals surface area contributed by atoms with Gasteiger partial charge < -0.3 is 0 Å². The van der Waals surface area contributed by atoms with E-state index in [9.17, 15) is 0 Å². The maximum Gasteiger partial charge on any atom is -0.0295 e. The van der Waals surface area contributed by atoms with Gasteiger partial charge in [0.15, 0.2) is 0 Å². The third kappa shape index (κ3) is 8.27. The lowest BCUT2D eigenvalue weighted by molar-refractivity contribution is 0.0758. The average molecular weight is 297 g/mol. The predicted molar refractivity (Wildman–Crippen MR) is 98.9 cm³/mol. The summed E-state index contributed by atoms with van der Waals surface area (Å²) in [6, 6.07) is 0. The Morgan fingerprint density at radius 2 is 1.38 bits per heavy atom. The molecule has 0 amide bonds. The van der Waals surface area contributed by atoms with Crippen LogP contribution in [-0.4, -0.2) is 0 Å². The van der Waals surface area contributed by atoms with Crippen molar-refractivity contribution in [3.63, 3.8) is 0 Å². The summed E-state index contributed by atoms with van der Waals surface area (Å²) in [7, 11) is 0. The van der Waals surface area contributed by atoms with Crippen LogP contribution in [-0.2, 0) is 0 Å². The molecule has 0 aromatic carbocycles. The van der Waals surface area contributed by atoms with E-state index in [-0.39, 0.29) is 0 Å². The third-order valence-corrected chi connectivity index (χ3v) is 5.65. The molecule has 2 atom stereocenters. The van der Waals surface area contributed by atoms with E-state index in [0.717, 1.165) is 5.92 Å². The molecule has 0 rings (SSSR count). The number of hydrogen-bond acceptors (Lipinski definition) is 0. The summed E-state index contributed by atoms with van der Waals surface area (Å²) in [6.45, 7) is 17.0. The molecule has 0 bridgehead atoms. The highest BCUT2D eigenvalue weighted by Gasteiger charge is 2.36. The van der Waals surface area contributed by atoms with Gasteiger partial charge >= 0.3 is 0 Å². The number of unbranched alkanes of at least 4 members (excludes halogenated alkanes) is 3. The first-order chi connectivity index (χ1) is 9.85. The zero-order valence-corrected chi connectivity index (χ0v) is 16.4. The highest BCUT2D eigenvalue weighted by atomic mass is 14.4. The first kappa shape index (κ1) is 21.0. The minimum absolute atomic E-state index is 0.509. The summed E-state index contributed by atoms with van der Waals surface area (Å²) in [4.78, 5) is 0. The molecular formula is C21H44. The Balaban J connectivity index is 4.75. The van der Waals surface area contributed by atoms with E-state index in [1.165, 1.54) is 70.6 Å². The van der Waals surface area contributed by atoms with Gasteiger partial charge in [-0.2, -0.15) is 0 Å². The summed E-state index contributed by atoms with van der Waals surface area (Å²) in [5, 5.41) is 0. The fourth-order valence-electron chi connectivity index (χ4n) is 4.42. The summed E-state index contributed by atoms with van der Waals surface area (Å²) >= 11 is 0. The molecule has 0 heteroatoms. The molecule has 0 aromatic heterocycles. The molecule has 0 heterocycles. The molecule has 2 unspecified atom stereocenters. The molecule has 0 fully saturated rings. The highest BCUT2D eigenvalue weighted by Crippen LogP contribution is 2.47. The van der Waals surface area contributed by atoms with E-state index in [4.69, 9.17) is 0 Å². The van der Waals surface area contributed by atoms with Gasteiger partial charge in [0.2, 0.25) is 0 Å². The molecule has 0 aliphatic carbocycles. The SMILES string of the molecule is CCCCCCC(CCC)C(C)(CC)CC(C)(C)CCC. The molecule has 0 nitrogen and oxygen atoms in total. The molecule has 0 aliphatic rings. The molecule has 0 saturated carbocycles. The fraction of sp³-hybridized carbons (Fsp3) is 1.00. The zero-order valence-electron chi connectivity index (χ0n) is 16.4. The molecule has 21 heavy (non-hydrogen) atoms. The molecule has 0 saturated heterocycles. The monoisotopic (exact) mass is 296 g/mol. The molecule has 0 radical (unpaired) electrons. The first-order valence-electron chi connectivity index (χ1n) is 9.85. The second-order valence-corrected chi connectivity index (χ2v) is 8.43. The van der Waals surface area contributed by atoms with Crippen LogP contribution < -0.4 is 0 Å². The summed E-state index contributed by atoms with van der Waals surface area (Å²) in [5.41, 5.74) is 1.05. The van der Waals surface area contributed by atoms with Crippen LogP contribution in [0, 0.1) is 16.7 Å². The van der Waals surface area contributed by atoms with Gasteiger partial charge in [-0.3, -0.25) is 0 Å². The minimum atomic E-state index is 0.509. The summed E-state index contributed by atoms with van der Waals surface area (Å²) < 4.78 is 0. The lowest BCUT2D eigenvalue weighted by Gasteiger charge is -2.43. The van der Waals surface area contributed by atoms with Crippen molar-refractivity contribution in [1.29, 1.82) is 0 Å². The Hall–Kier alpha value is 0. The Bertz CT molecular complexity index is 240. The van der Waals surface area contributed by atoms with Crippen LogP contribution >= 0.6 is 0 Å².